The minimum Gasteiger partial charge on any atom is -0.466 e. The van der Waals surface area contributed by atoms with Crippen LogP contribution in [0, 0.1) is 0 Å². The lowest BCUT2D eigenvalue weighted by atomic mass is 9.99. The molecule has 11 nitrogen and oxygen atoms in total. The van der Waals surface area contributed by atoms with Crippen LogP contribution in [0.15, 0.2) is 48.6 Å². The summed E-state index contributed by atoms with van der Waals surface area (Å²) in [5, 5.41) is 54.2. The Hall–Kier alpha value is -2.38. The van der Waals surface area contributed by atoms with Crippen LogP contribution in [0.4, 0.5) is 0 Å². The van der Waals surface area contributed by atoms with Crippen LogP contribution in [0.25, 0.3) is 0 Å². The number of allylic oxidation sites excluding steroid dienone is 7. The summed E-state index contributed by atoms with van der Waals surface area (Å²) in [6.45, 7) is 4.30. The molecule has 1 aliphatic heterocycles. The third-order valence-electron chi connectivity index (χ3n) is 16.9. The molecule has 1 saturated heterocycles. The maximum atomic E-state index is 13.0. The van der Waals surface area contributed by atoms with E-state index in [9.17, 15) is 35.1 Å². The Morgan fingerprint density at radius 2 is 0.774 bits per heavy atom. The highest BCUT2D eigenvalue weighted by Gasteiger charge is 2.44. The van der Waals surface area contributed by atoms with E-state index in [1.165, 1.54) is 257 Å². The summed E-state index contributed by atoms with van der Waals surface area (Å²) in [6, 6.07) is -0.825. The number of hydrogen-bond donors (Lipinski definition) is 6. The summed E-state index contributed by atoms with van der Waals surface area (Å²) in [5.41, 5.74) is 0. The van der Waals surface area contributed by atoms with Gasteiger partial charge in [-0.3, -0.25) is 9.59 Å². The van der Waals surface area contributed by atoms with Gasteiger partial charge in [-0.2, -0.15) is 0 Å². The molecule has 1 aliphatic rings. The lowest BCUT2D eigenvalue weighted by Crippen LogP contribution is -2.60. The number of amides is 1. The van der Waals surface area contributed by atoms with Crippen LogP contribution >= 0.6 is 0 Å². The Balaban J connectivity index is 1.90. The molecule has 7 unspecified atom stereocenters. The fraction of sp³-hybridized carbons (Fsp3) is 0.863. The van der Waals surface area contributed by atoms with Crippen molar-refractivity contribution in [1.82, 2.24) is 5.32 Å². The summed E-state index contributed by atoms with van der Waals surface area (Å²) in [7, 11) is 0. The third kappa shape index (κ3) is 50.6. The number of carbonyl (C=O) groups excluding carboxylic acids is 2. The number of aliphatic hydroxyl groups excluding tert-OH is 5. The molecule has 7 atom stereocenters. The maximum Gasteiger partial charge on any atom is 0.305 e. The molecule has 0 aliphatic carbocycles. The predicted octanol–water partition coefficient (Wildman–Crippen LogP) is 18.4. The molecule has 0 aromatic heterocycles. The molecule has 1 amide bonds. The van der Waals surface area contributed by atoms with E-state index in [4.69, 9.17) is 14.2 Å². The maximum absolute atomic E-state index is 13.0. The highest BCUT2D eigenvalue weighted by Crippen LogP contribution is 2.23. The Morgan fingerprint density at radius 1 is 0.429 bits per heavy atom. The summed E-state index contributed by atoms with van der Waals surface area (Å²) >= 11 is 0. The van der Waals surface area contributed by atoms with Crippen LogP contribution in [0.1, 0.15) is 341 Å². The molecule has 492 valence electrons. The van der Waals surface area contributed by atoms with Gasteiger partial charge in [0.2, 0.25) is 5.91 Å². The quantitative estimate of drug-likeness (QED) is 0.0195. The van der Waals surface area contributed by atoms with Crippen LogP contribution in [0.2, 0.25) is 0 Å². The molecule has 0 bridgehead atoms. The van der Waals surface area contributed by atoms with E-state index in [1.54, 1.807) is 6.08 Å². The molecule has 0 radical (unpaired) electrons. The van der Waals surface area contributed by atoms with Crippen LogP contribution in [0.3, 0.4) is 0 Å². The van der Waals surface area contributed by atoms with Gasteiger partial charge in [0.1, 0.15) is 24.4 Å². The predicted molar refractivity (Wildman–Crippen MR) is 352 cm³/mol. The van der Waals surface area contributed by atoms with Gasteiger partial charge in [-0.05, 0) is 96.3 Å². The number of rotatable bonds is 63. The van der Waals surface area contributed by atoms with E-state index in [0.29, 0.717) is 19.4 Å². The number of unbranched alkanes of at least 4 members (excludes halogenated alkanes) is 43. The fourth-order valence-corrected chi connectivity index (χ4v) is 11.2. The van der Waals surface area contributed by atoms with E-state index >= 15 is 0 Å². The molecule has 1 rings (SSSR count). The average molecular weight is 1190 g/mol. The van der Waals surface area contributed by atoms with Crippen molar-refractivity contribution in [3.63, 3.8) is 0 Å². The highest BCUT2D eigenvalue weighted by molar-refractivity contribution is 5.76. The van der Waals surface area contributed by atoms with E-state index in [-0.39, 0.29) is 18.5 Å². The second-order valence-corrected chi connectivity index (χ2v) is 24.9. The van der Waals surface area contributed by atoms with Crippen molar-refractivity contribution in [2.24, 2.45) is 0 Å². The van der Waals surface area contributed by atoms with Crippen molar-refractivity contribution in [2.75, 3.05) is 19.8 Å². The first kappa shape index (κ1) is 79.6. The standard InChI is InChI=1S/C73H135NO10/c1-3-5-7-9-11-13-14-15-16-31-35-38-41-45-49-53-57-61-69(78)82-62-58-54-50-46-42-39-36-33-30-28-26-24-22-20-18-17-19-21-23-25-27-29-32-34-37-40-44-48-52-56-60-68(77)74-65(66(76)59-55-51-47-43-12-10-8-6-4-2)64-83-73-72(81)71(80)70(79)67(63-75)84-73/h12,15-16,18,20,43,55,59,65-67,70-73,75-76,79-81H,3-11,13-14,17,19,21-42,44-54,56-58,60-64H2,1-2H3,(H,74,77)/b16-15-,20-18-,43-12+,59-55+. The van der Waals surface area contributed by atoms with Gasteiger partial charge >= 0.3 is 5.97 Å². The summed E-state index contributed by atoms with van der Waals surface area (Å²) < 4.78 is 16.7. The molecule has 0 aromatic carbocycles. The zero-order valence-corrected chi connectivity index (χ0v) is 54.6. The summed E-state index contributed by atoms with van der Waals surface area (Å²) in [6.07, 6.45) is 71.3. The Labute approximate surface area is 516 Å². The molecular formula is C73H135NO10. The van der Waals surface area contributed by atoms with Gasteiger partial charge in [-0.15, -0.1) is 0 Å². The number of hydrogen-bond acceptors (Lipinski definition) is 10. The van der Waals surface area contributed by atoms with Crippen LogP contribution in [0.5, 0.6) is 0 Å². The Kier molecular flexibility index (Phi) is 59.0. The van der Waals surface area contributed by atoms with E-state index < -0.39 is 49.5 Å². The minimum absolute atomic E-state index is 0.00527. The third-order valence-corrected chi connectivity index (χ3v) is 16.9. The normalized spacial score (nSPS) is 18.3. The van der Waals surface area contributed by atoms with Gasteiger partial charge < -0.3 is 45.1 Å². The smallest absolute Gasteiger partial charge is 0.305 e. The van der Waals surface area contributed by atoms with Gasteiger partial charge in [-0.25, -0.2) is 0 Å². The van der Waals surface area contributed by atoms with Crippen molar-refractivity contribution in [2.45, 2.75) is 384 Å². The van der Waals surface area contributed by atoms with E-state index in [1.807, 2.05) is 6.08 Å². The van der Waals surface area contributed by atoms with E-state index in [2.05, 4.69) is 55.6 Å². The molecule has 0 saturated carbocycles. The Bertz CT molecular complexity index is 1530. The Morgan fingerprint density at radius 3 is 1.20 bits per heavy atom. The highest BCUT2D eigenvalue weighted by atomic mass is 16.7. The first-order chi connectivity index (χ1) is 41.2. The van der Waals surface area contributed by atoms with Crippen molar-refractivity contribution in [3.05, 3.63) is 48.6 Å². The largest absolute Gasteiger partial charge is 0.466 e. The SMILES string of the molecule is CCCCC/C=C/CC/C=C/C(O)C(COC1OC(CO)C(O)C(O)C1O)NC(=O)CCCCCCCCCCCCCCCC/C=C\CCCCCCCCCCCCCCOC(=O)CCCCCCCCC/C=C\CCCCCCCC. The number of carbonyl (C=O) groups is 2. The zero-order valence-electron chi connectivity index (χ0n) is 54.6. The zero-order chi connectivity index (χ0) is 60.9. The van der Waals surface area contributed by atoms with Crippen LogP contribution in [-0.2, 0) is 23.8 Å². The lowest BCUT2D eigenvalue weighted by molar-refractivity contribution is -0.302. The van der Waals surface area contributed by atoms with Gasteiger partial charge in [0.05, 0.1) is 32.0 Å². The first-order valence-corrected chi connectivity index (χ1v) is 35.9. The van der Waals surface area contributed by atoms with Gasteiger partial charge in [0.25, 0.3) is 0 Å². The second kappa shape index (κ2) is 62.2. The number of ether oxygens (including phenoxy) is 3. The van der Waals surface area contributed by atoms with Gasteiger partial charge in [0.15, 0.2) is 6.29 Å². The van der Waals surface area contributed by atoms with Crippen molar-refractivity contribution < 1.29 is 49.3 Å². The second-order valence-electron chi connectivity index (χ2n) is 24.9. The summed E-state index contributed by atoms with van der Waals surface area (Å²) in [5.74, 6) is -0.187. The first-order valence-electron chi connectivity index (χ1n) is 35.9. The van der Waals surface area contributed by atoms with Gasteiger partial charge in [-0.1, -0.05) is 281 Å². The molecule has 1 heterocycles. The molecule has 0 spiro atoms. The topological polar surface area (TPSA) is 175 Å². The molecular weight excluding hydrogens is 1050 g/mol. The monoisotopic (exact) mass is 1190 g/mol. The molecule has 84 heavy (non-hydrogen) atoms. The van der Waals surface area contributed by atoms with Crippen LogP contribution in [-0.4, -0.2) is 100 Å². The van der Waals surface area contributed by atoms with E-state index in [0.717, 1.165) is 57.8 Å². The summed E-state index contributed by atoms with van der Waals surface area (Å²) in [4.78, 5) is 25.1. The molecule has 1 fully saturated rings. The molecule has 0 aromatic rings. The minimum atomic E-state index is -1.58. The number of esters is 1. The lowest BCUT2D eigenvalue weighted by Gasteiger charge is -2.40. The van der Waals surface area contributed by atoms with Gasteiger partial charge in [0, 0.05) is 12.8 Å². The van der Waals surface area contributed by atoms with Crippen molar-refractivity contribution in [3.8, 4) is 0 Å². The van der Waals surface area contributed by atoms with Crippen molar-refractivity contribution in [1.29, 1.82) is 0 Å². The number of aliphatic hydroxyl groups is 5. The molecule has 6 N–H and O–H groups in total. The number of nitrogens with one attached hydrogen (secondary N) is 1. The van der Waals surface area contributed by atoms with Crippen molar-refractivity contribution >= 4 is 11.9 Å². The fourth-order valence-electron chi connectivity index (χ4n) is 11.2. The average Bonchev–Trinajstić information content (AvgIpc) is 3.60. The van der Waals surface area contributed by atoms with Crippen LogP contribution < -0.4 is 5.32 Å². The molecule has 11 heteroatoms.